The van der Waals surface area contributed by atoms with Gasteiger partial charge in [-0.05, 0) is 37.0 Å². The SMILES string of the molecule is CCc1nc(CN(C)C(=O)c2cccc3c(C4(c5ccc(C)cc5)CCC4)c[nH]c23)no1. The van der Waals surface area contributed by atoms with Gasteiger partial charge in [-0.1, -0.05) is 60.5 Å². The minimum absolute atomic E-state index is 0.0146. The molecule has 0 spiro atoms. The number of fused-ring (bicyclic) bond motifs is 1. The number of aryl methyl sites for hydroxylation is 2. The Morgan fingerprint density at radius 2 is 1.97 bits per heavy atom. The van der Waals surface area contributed by atoms with E-state index >= 15 is 0 Å². The van der Waals surface area contributed by atoms with Crippen molar-refractivity contribution in [3.63, 3.8) is 0 Å². The molecular weight excluding hydrogens is 400 g/mol. The van der Waals surface area contributed by atoms with Gasteiger partial charge in [-0.2, -0.15) is 4.98 Å². The zero-order chi connectivity index (χ0) is 22.3. The van der Waals surface area contributed by atoms with Crippen LogP contribution in [0.5, 0.6) is 0 Å². The quantitative estimate of drug-likeness (QED) is 0.460. The number of amides is 1. The highest BCUT2D eigenvalue weighted by Crippen LogP contribution is 2.51. The van der Waals surface area contributed by atoms with E-state index < -0.39 is 0 Å². The van der Waals surface area contributed by atoms with E-state index in [0.29, 0.717) is 30.2 Å². The number of aromatic nitrogens is 3. The molecule has 0 atom stereocenters. The first-order valence-electron chi connectivity index (χ1n) is 11.3. The van der Waals surface area contributed by atoms with E-state index in [0.717, 1.165) is 23.7 Å². The van der Waals surface area contributed by atoms with Gasteiger partial charge in [0.25, 0.3) is 5.91 Å². The summed E-state index contributed by atoms with van der Waals surface area (Å²) in [5.74, 6) is 1.04. The molecule has 0 bridgehead atoms. The van der Waals surface area contributed by atoms with E-state index in [1.807, 2.05) is 19.1 Å². The molecule has 1 amide bonds. The van der Waals surface area contributed by atoms with Crippen LogP contribution in [-0.2, 0) is 18.4 Å². The summed E-state index contributed by atoms with van der Waals surface area (Å²) in [4.78, 5) is 22.7. The van der Waals surface area contributed by atoms with Crippen LogP contribution in [0.25, 0.3) is 10.9 Å². The Labute approximate surface area is 187 Å². The molecule has 1 aliphatic carbocycles. The molecule has 0 unspecified atom stereocenters. The fraction of sp³-hybridized carbons (Fsp3) is 0.346. The molecule has 1 N–H and O–H groups in total. The molecular formula is C26H28N4O2. The maximum absolute atomic E-state index is 13.3. The number of para-hydroxylation sites is 1. The van der Waals surface area contributed by atoms with Gasteiger partial charge in [0.05, 0.1) is 17.6 Å². The maximum atomic E-state index is 13.3. The average molecular weight is 429 g/mol. The Morgan fingerprint density at radius 1 is 1.19 bits per heavy atom. The van der Waals surface area contributed by atoms with Gasteiger partial charge in [0.1, 0.15) is 0 Å². The first-order chi connectivity index (χ1) is 15.5. The molecule has 2 aromatic heterocycles. The van der Waals surface area contributed by atoms with Crippen molar-refractivity contribution in [1.29, 1.82) is 0 Å². The Morgan fingerprint density at radius 3 is 2.62 bits per heavy atom. The van der Waals surface area contributed by atoms with Crippen molar-refractivity contribution in [2.75, 3.05) is 7.05 Å². The molecule has 1 aliphatic rings. The van der Waals surface area contributed by atoms with E-state index in [1.165, 1.54) is 23.1 Å². The lowest BCUT2D eigenvalue weighted by Gasteiger charge is -2.42. The van der Waals surface area contributed by atoms with E-state index in [2.05, 4.69) is 58.6 Å². The Bertz CT molecular complexity index is 1260. The number of hydrogen-bond donors (Lipinski definition) is 1. The second-order valence-electron chi connectivity index (χ2n) is 8.85. The van der Waals surface area contributed by atoms with Crippen LogP contribution in [0.4, 0.5) is 0 Å². The number of nitrogens with zero attached hydrogens (tertiary/aromatic N) is 3. The van der Waals surface area contributed by atoms with Crippen LogP contribution in [0, 0.1) is 6.92 Å². The van der Waals surface area contributed by atoms with Crippen molar-refractivity contribution in [2.45, 2.75) is 51.5 Å². The first kappa shape index (κ1) is 20.5. The lowest BCUT2D eigenvalue weighted by Crippen LogP contribution is -2.35. The number of rotatable bonds is 6. The van der Waals surface area contributed by atoms with E-state index in [1.54, 1.807) is 11.9 Å². The van der Waals surface area contributed by atoms with Gasteiger partial charge in [-0.25, -0.2) is 0 Å². The number of carbonyl (C=O) groups is 1. The number of H-pyrrole nitrogens is 1. The number of carbonyl (C=O) groups excluding carboxylic acids is 1. The highest BCUT2D eigenvalue weighted by molar-refractivity contribution is 6.06. The Kier molecular flexibility index (Phi) is 5.08. The summed E-state index contributed by atoms with van der Waals surface area (Å²) < 4.78 is 5.17. The van der Waals surface area contributed by atoms with E-state index in [4.69, 9.17) is 4.52 Å². The third kappa shape index (κ3) is 3.30. The largest absolute Gasteiger partial charge is 0.360 e. The normalized spacial score (nSPS) is 15.0. The number of hydrogen-bond acceptors (Lipinski definition) is 4. The minimum Gasteiger partial charge on any atom is -0.360 e. The summed E-state index contributed by atoms with van der Waals surface area (Å²) in [5, 5.41) is 5.09. The Hall–Kier alpha value is -3.41. The third-order valence-electron chi connectivity index (χ3n) is 6.81. The van der Waals surface area contributed by atoms with Gasteiger partial charge >= 0.3 is 0 Å². The second-order valence-corrected chi connectivity index (χ2v) is 8.85. The summed E-state index contributed by atoms with van der Waals surface area (Å²) in [6.45, 7) is 4.38. The van der Waals surface area contributed by atoms with Crippen LogP contribution in [0.2, 0.25) is 0 Å². The molecule has 6 heteroatoms. The molecule has 32 heavy (non-hydrogen) atoms. The van der Waals surface area contributed by atoms with Crippen LogP contribution in [-0.4, -0.2) is 33.0 Å². The fourth-order valence-corrected chi connectivity index (χ4v) is 4.83. The van der Waals surface area contributed by atoms with Crippen LogP contribution in [0.3, 0.4) is 0 Å². The van der Waals surface area contributed by atoms with Gasteiger partial charge in [-0.15, -0.1) is 0 Å². The van der Waals surface area contributed by atoms with Crippen LogP contribution < -0.4 is 0 Å². The predicted octanol–water partition coefficient (Wildman–Crippen LogP) is 5.16. The van der Waals surface area contributed by atoms with Crippen molar-refractivity contribution in [2.24, 2.45) is 0 Å². The molecule has 1 saturated carbocycles. The summed E-state index contributed by atoms with van der Waals surface area (Å²) in [6.07, 6.45) is 6.24. The minimum atomic E-state index is -0.0650. The number of nitrogens with one attached hydrogen (secondary N) is 1. The third-order valence-corrected chi connectivity index (χ3v) is 6.81. The molecule has 2 heterocycles. The average Bonchev–Trinajstić information content (AvgIpc) is 3.41. The van der Waals surface area contributed by atoms with E-state index in [-0.39, 0.29) is 11.3 Å². The standard InChI is InChI=1S/C26H28N4O2/c1-4-23-28-22(29-32-23)16-30(3)25(31)20-8-5-7-19-21(15-27-24(19)20)26(13-6-14-26)18-11-9-17(2)10-12-18/h5,7-12,15,27H,4,6,13-14,16H2,1-3H3. The lowest BCUT2D eigenvalue weighted by atomic mass is 9.60. The van der Waals surface area contributed by atoms with Gasteiger partial charge in [0, 0.05) is 30.5 Å². The van der Waals surface area contributed by atoms with Crippen LogP contribution in [0.15, 0.2) is 53.2 Å². The molecule has 0 radical (unpaired) electrons. The summed E-state index contributed by atoms with van der Waals surface area (Å²) >= 11 is 0. The summed E-state index contributed by atoms with van der Waals surface area (Å²) in [7, 11) is 1.77. The molecule has 1 fully saturated rings. The molecule has 2 aromatic carbocycles. The highest BCUT2D eigenvalue weighted by atomic mass is 16.5. The van der Waals surface area contributed by atoms with Crippen molar-refractivity contribution in [1.82, 2.24) is 20.0 Å². The van der Waals surface area contributed by atoms with Crippen LogP contribution >= 0.6 is 0 Å². The van der Waals surface area contributed by atoms with Gasteiger partial charge in [-0.3, -0.25) is 4.79 Å². The lowest BCUT2D eigenvalue weighted by molar-refractivity contribution is 0.0782. The number of aromatic amines is 1. The fourth-order valence-electron chi connectivity index (χ4n) is 4.83. The second kappa shape index (κ2) is 7.93. The monoisotopic (exact) mass is 428 g/mol. The molecule has 6 nitrogen and oxygen atoms in total. The predicted molar refractivity (Wildman–Crippen MR) is 124 cm³/mol. The first-order valence-corrected chi connectivity index (χ1v) is 11.3. The van der Waals surface area contributed by atoms with Crippen molar-refractivity contribution >= 4 is 16.8 Å². The smallest absolute Gasteiger partial charge is 0.256 e. The zero-order valence-electron chi connectivity index (χ0n) is 18.8. The molecule has 164 valence electrons. The van der Waals surface area contributed by atoms with Crippen molar-refractivity contribution < 1.29 is 9.32 Å². The highest BCUT2D eigenvalue weighted by Gasteiger charge is 2.42. The van der Waals surface area contributed by atoms with Crippen molar-refractivity contribution in [3.8, 4) is 0 Å². The van der Waals surface area contributed by atoms with Gasteiger partial charge < -0.3 is 14.4 Å². The molecule has 0 saturated heterocycles. The topological polar surface area (TPSA) is 75.0 Å². The Balaban J connectivity index is 1.49. The van der Waals surface area contributed by atoms with E-state index in [9.17, 15) is 4.79 Å². The molecule has 0 aliphatic heterocycles. The molecule has 4 aromatic rings. The van der Waals surface area contributed by atoms with Gasteiger partial charge in [0.15, 0.2) is 5.82 Å². The maximum Gasteiger partial charge on any atom is 0.256 e. The number of benzene rings is 2. The summed E-state index contributed by atoms with van der Waals surface area (Å²) in [5.41, 5.74) is 5.47. The summed E-state index contributed by atoms with van der Waals surface area (Å²) in [6, 6.07) is 14.9. The van der Waals surface area contributed by atoms with Crippen LogP contribution in [0.1, 0.15) is 64.9 Å². The van der Waals surface area contributed by atoms with Gasteiger partial charge in [0.2, 0.25) is 5.89 Å². The van der Waals surface area contributed by atoms with Crippen molar-refractivity contribution in [3.05, 3.63) is 82.6 Å². The zero-order valence-corrected chi connectivity index (χ0v) is 18.8. The molecule has 5 rings (SSSR count).